The second-order valence-electron chi connectivity index (χ2n) is 7.95. The van der Waals surface area contributed by atoms with E-state index in [4.69, 9.17) is 0 Å². The van der Waals surface area contributed by atoms with E-state index >= 15 is 0 Å². The van der Waals surface area contributed by atoms with Gasteiger partial charge in [-0.05, 0) is 18.8 Å². The van der Waals surface area contributed by atoms with Crippen molar-refractivity contribution in [3.63, 3.8) is 0 Å². The highest BCUT2D eigenvalue weighted by Gasteiger charge is 2.28. The van der Waals surface area contributed by atoms with Gasteiger partial charge in [0.1, 0.15) is 6.04 Å². The Bertz CT molecular complexity index is 383. The fraction of sp³-hybridized carbons (Fsp3) is 0.875. The molecule has 0 spiro atoms. The molecule has 4 N–H and O–H groups in total. The molecule has 0 saturated carbocycles. The second kappa shape index (κ2) is 7.92. The van der Waals surface area contributed by atoms with E-state index in [1.54, 1.807) is 27.7 Å². The first-order valence-electron chi connectivity index (χ1n) is 7.69. The Labute approximate surface area is 133 Å². The quantitative estimate of drug-likeness (QED) is 0.583. The van der Waals surface area contributed by atoms with E-state index in [0.717, 1.165) is 0 Å². The molecule has 0 aromatic carbocycles. The smallest absolute Gasteiger partial charge is 0.242 e. The lowest BCUT2D eigenvalue weighted by molar-refractivity contribution is -0.133. The molecule has 0 saturated heterocycles. The third-order valence-corrected chi connectivity index (χ3v) is 3.50. The zero-order valence-electron chi connectivity index (χ0n) is 14.9. The maximum Gasteiger partial charge on any atom is 0.242 e. The zero-order valence-corrected chi connectivity index (χ0v) is 14.9. The van der Waals surface area contributed by atoms with Crippen LogP contribution in [0.25, 0.3) is 0 Å². The monoisotopic (exact) mass is 316 g/mol. The van der Waals surface area contributed by atoms with Gasteiger partial charge in [0, 0.05) is 5.41 Å². The van der Waals surface area contributed by atoms with Gasteiger partial charge in [-0.25, -0.2) is 0 Å². The summed E-state index contributed by atoms with van der Waals surface area (Å²) in [7, 11) is 0. The van der Waals surface area contributed by atoms with Crippen molar-refractivity contribution in [3.05, 3.63) is 0 Å². The summed E-state index contributed by atoms with van der Waals surface area (Å²) < 4.78 is 0. The second-order valence-corrected chi connectivity index (χ2v) is 7.95. The molecule has 0 bridgehead atoms. The lowest BCUT2D eigenvalue weighted by Crippen LogP contribution is -2.52. The highest BCUT2D eigenvalue weighted by Crippen LogP contribution is 2.22. The topological polar surface area (TPSA) is 98.7 Å². The summed E-state index contributed by atoms with van der Waals surface area (Å²) in [4.78, 5) is 24.0. The molecule has 3 unspecified atom stereocenters. The maximum atomic E-state index is 12.1. The van der Waals surface area contributed by atoms with Gasteiger partial charge in [-0.15, -0.1) is 0 Å². The van der Waals surface area contributed by atoms with E-state index < -0.39 is 23.6 Å². The summed E-state index contributed by atoms with van der Waals surface area (Å²) in [5.74, 6) is -0.594. The Kier molecular flexibility index (Phi) is 7.51. The fourth-order valence-electron chi connectivity index (χ4n) is 1.61. The molecule has 0 aliphatic heterocycles. The third kappa shape index (κ3) is 7.22. The number of aliphatic hydroxyl groups is 2. The van der Waals surface area contributed by atoms with Crippen LogP contribution < -0.4 is 10.6 Å². The predicted molar refractivity (Wildman–Crippen MR) is 86.2 cm³/mol. The van der Waals surface area contributed by atoms with Crippen LogP contribution in [0.15, 0.2) is 0 Å². The molecule has 0 radical (unpaired) electrons. The number of rotatable bonds is 6. The van der Waals surface area contributed by atoms with Crippen molar-refractivity contribution in [3.8, 4) is 0 Å². The van der Waals surface area contributed by atoms with E-state index in [-0.39, 0.29) is 30.3 Å². The molecular weight excluding hydrogens is 284 g/mol. The lowest BCUT2D eigenvalue weighted by Gasteiger charge is -2.30. The first-order valence-corrected chi connectivity index (χ1v) is 7.69. The predicted octanol–water partition coefficient (Wildman–Crippen LogP) is 0.811. The number of carbonyl (C=O) groups is 2. The molecule has 130 valence electrons. The van der Waals surface area contributed by atoms with Crippen LogP contribution in [0.4, 0.5) is 0 Å². The number of amides is 2. The molecule has 0 rings (SSSR count). The largest absolute Gasteiger partial charge is 0.394 e. The first-order chi connectivity index (χ1) is 9.78. The summed E-state index contributed by atoms with van der Waals surface area (Å²) in [6.07, 6.45) is -0.393. The van der Waals surface area contributed by atoms with Gasteiger partial charge < -0.3 is 20.8 Å². The lowest BCUT2D eigenvalue weighted by atomic mass is 9.85. The van der Waals surface area contributed by atoms with Crippen LogP contribution in [0.3, 0.4) is 0 Å². The first kappa shape index (κ1) is 20.9. The average Bonchev–Trinajstić information content (AvgIpc) is 2.34. The Balaban J connectivity index is 4.57. The number of aliphatic hydroxyl groups excluding tert-OH is 2. The normalized spacial score (nSPS) is 16.6. The Morgan fingerprint density at radius 1 is 1.05 bits per heavy atom. The van der Waals surface area contributed by atoms with Crippen molar-refractivity contribution in [2.75, 3.05) is 6.61 Å². The van der Waals surface area contributed by atoms with Crippen molar-refractivity contribution in [2.24, 2.45) is 10.8 Å². The van der Waals surface area contributed by atoms with E-state index in [1.807, 2.05) is 20.8 Å². The Hall–Kier alpha value is -1.14. The van der Waals surface area contributed by atoms with Gasteiger partial charge >= 0.3 is 0 Å². The highest BCUT2D eigenvalue weighted by atomic mass is 16.3. The molecule has 6 heteroatoms. The van der Waals surface area contributed by atoms with Crippen LogP contribution in [0.2, 0.25) is 0 Å². The van der Waals surface area contributed by atoms with Gasteiger partial charge in [-0.2, -0.15) is 0 Å². The van der Waals surface area contributed by atoms with Gasteiger partial charge in [0.25, 0.3) is 0 Å². The number of carbonyl (C=O) groups excluding carboxylic acids is 2. The summed E-state index contributed by atoms with van der Waals surface area (Å²) in [5, 5.41) is 24.7. The van der Waals surface area contributed by atoms with Crippen molar-refractivity contribution in [1.29, 1.82) is 0 Å². The molecule has 22 heavy (non-hydrogen) atoms. The molecular formula is C16H32N2O4. The van der Waals surface area contributed by atoms with E-state index in [1.165, 1.54) is 0 Å². The summed E-state index contributed by atoms with van der Waals surface area (Å²) in [6.45, 7) is 12.3. The van der Waals surface area contributed by atoms with Crippen molar-refractivity contribution in [2.45, 2.75) is 73.1 Å². The van der Waals surface area contributed by atoms with Gasteiger partial charge in [-0.3, -0.25) is 9.59 Å². The van der Waals surface area contributed by atoms with Crippen LogP contribution in [-0.2, 0) is 9.59 Å². The maximum absolute atomic E-state index is 12.1. The van der Waals surface area contributed by atoms with Gasteiger partial charge in [0.05, 0.1) is 18.8 Å². The number of hydrogen-bond donors (Lipinski definition) is 4. The third-order valence-electron chi connectivity index (χ3n) is 3.50. The number of hydrogen-bond acceptors (Lipinski definition) is 4. The SMILES string of the molecule is CC(NC(=O)C(C)(C)C)C(=O)NC(CO)CC(O)C(C)(C)C. The highest BCUT2D eigenvalue weighted by molar-refractivity contribution is 5.89. The van der Waals surface area contributed by atoms with Gasteiger partial charge in [0.15, 0.2) is 0 Å². The molecule has 3 atom stereocenters. The molecule has 0 aromatic heterocycles. The summed E-state index contributed by atoms with van der Waals surface area (Å²) in [5.41, 5.74) is -0.905. The van der Waals surface area contributed by atoms with Crippen LogP contribution in [0.1, 0.15) is 54.9 Å². The molecule has 0 aliphatic rings. The van der Waals surface area contributed by atoms with E-state index in [2.05, 4.69) is 10.6 Å². The minimum atomic E-state index is -0.701. The fourth-order valence-corrected chi connectivity index (χ4v) is 1.61. The van der Waals surface area contributed by atoms with Crippen LogP contribution in [0.5, 0.6) is 0 Å². The van der Waals surface area contributed by atoms with E-state index in [9.17, 15) is 19.8 Å². The molecule has 0 aliphatic carbocycles. The molecule has 6 nitrogen and oxygen atoms in total. The molecule has 2 amide bonds. The molecule has 0 fully saturated rings. The van der Waals surface area contributed by atoms with Gasteiger partial charge in [0.2, 0.25) is 11.8 Å². The standard InChI is InChI=1S/C16H32N2O4/c1-10(17-14(22)16(5,6)7)13(21)18-11(9-19)8-12(20)15(2,3)4/h10-12,19-20H,8-9H2,1-7H3,(H,17,22)(H,18,21). The summed E-state index contributed by atoms with van der Waals surface area (Å²) in [6, 6.07) is -1.25. The van der Waals surface area contributed by atoms with Crippen molar-refractivity contribution in [1.82, 2.24) is 10.6 Å². The minimum absolute atomic E-state index is 0.217. The Morgan fingerprint density at radius 2 is 1.55 bits per heavy atom. The summed E-state index contributed by atoms with van der Waals surface area (Å²) >= 11 is 0. The molecule has 0 heterocycles. The van der Waals surface area contributed by atoms with E-state index in [0.29, 0.717) is 0 Å². The molecule has 0 aromatic rings. The zero-order chi connectivity index (χ0) is 17.7. The number of nitrogens with one attached hydrogen (secondary N) is 2. The van der Waals surface area contributed by atoms with Crippen LogP contribution in [0, 0.1) is 10.8 Å². The van der Waals surface area contributed by atoms with Crippen LogP contribution in [-0.4, -0.2) is 46.8 Å². The average molecular weight is 316 g/mol. The van der Waals surface area contributed by atoms with Crippen molar-refractivity contribution >= 4 is 11.8 Å². The minimum Gasteiger partial charge on any atom is -0.394 e. The van der Waals surface area contributed by atoms with Crippen LogP contribution >= 0.6 is 0 Å². The van der Waals surface area contributed by atoms with Gasteiger partial charge in [-0.1, -0.05) is 41.5 Å². The Morgan fingerprint density at radius 3 is 1.91 bits per heavy atom. The van der Waals surface area contributed by atoms with Crippen molar-refractivity contribution < 1.29 is 19.8 Å².